The largest absolute Gasteiger partial charge is 0.490 e. The van der Waals surface area contributed by atoms with Gasteiger partial charge in [-0.1, -0.05) is 37.5 Å². The van der Waals surface area contributed by atoms with E-state index in [1.807, 2.05) is 20.8 Å². The fraction of sp³-hybridized carbons (Fsp3) is 0.529. The summed E-state index contributed by atoms with van der Waals surface area (Å²) in [5, 5.41) is 27.3. The van der Waals surface area contributed by atoms with Gasteiger partial charge < -0.3 is 14.7 Å². The van der Waals surface area contributed by atoms with Gasteiger partial charge in [-0.05, 0) is 40.1 Å². The minimum absolute atomic E-state index is 0.191. The van der Waals surface area contributed by atoms with Crippen LogP contribution in [0.5, 0.6) is 5.75 Å². The molecule has 2 unspecified atom stereocenters. The fourth-order valence-corrected chi connectivity index (χ4v) is 2.86. The van der Waals surface area contributed by atoms with Crippen molar-refractivity contribution in [2.24, 2.45) is 10.6 Å². The molecule has 1 aromatic carbocycles. The highest BCUT2D eigenvalue weighted by atomic mass is 35.5. The first-order valence-electron chi connectivity index (χ1n) is 8.32. The first-order valence-corrected chi connectivity index (χ1v) is 8.70. The number of hydrogen-bond acceptors (Lipinski definition) is 7. The molecule has 0 bridgehead atoms. The Morgan fingerprint density at radius 3 is 2.65 bits per heavy atom. The van der Waals surface area contributed by atoms with E-state index >= 15 is 0 Å². The normalized spacial score (nSPS) is 19.6. The van der Waals surface area contributed by atoms with Crippen molar-refractivity contribution in [3.05, 3.63) is 35.6 Å². The van der Waals surface area contributed by atoms with E-state index in [2.05, 4.69) is 20.7 Å². The molecule has 0 fully saturated rings. The van der Waals surface area contributed by atoms with Gasteiger partial charge in [-0.3, -0.25) is 0 Å². The second kappa shape index (κ2) is 7.20. The van der Waals surface area contributed by atoms with Gasteiger partial charge in [0.15, 0.2) is 6.10 Å². The topological polar surface area (TPSA) is 94.7 Å². The number of aromatic nitrogens is 4. The molecule has 3 rings (SSSR count). The quantitative estimate of drug-likeness (QED) is 0.827. The van der Waals surface area contributed by atoms with Crippen LogP contribution in [0.4, 0.5) is 0 Å². The molecule has 0 saturated heterocycles. The Labute approximate surface area is 156 Å². The number of nitrogens with zero attached hydrogens (tertiary/aromatic N) is 5. The second-order valence-electron chi connectivity index (χ2n) is 7.35. The molecule has 140 valence electrons. The molecule has 1 aliphatic rings. The molecule has 0 spiro atoms. The third-order valence-corrected chi connectivity index (χ3v) is 4.73. The summed E-state index contributed by atoms with van der Waals surface area (Å²) in [7, 11) is 0. The molecule has 26 heavy (non-hydrogen) atoms. The second-order valence-corrected chi connectivity index (χ2v) is 7.79. The van der Waals surface area contributed by atoms with Crippen LogP contribution in [-0.2, 0) is 11.4 Å². The van der Waals surface area contributed by atoms with Crippen molar-refractivity contribution in [3.8, 4) is 5.75 Å². The summed E-state index contributed by atoms with van der Waals surface area (Å²) in [6.45, 7) is 6.34. The molecule has 0 radical (unpaired) electrons. The maximum Gasteiger partial charge on any atom is 0.166 e. The van der Waals surface area contributed by atoms with Crippen LogP contribution in [0.1, 0.15) is 27.2 Å². The molecule has 2 atom stereocenters. The molecule has 8 nitrogen and oxygen atoms in total. The highest BCUT2D eigenvalue weighted by Gasteiger charge is 2.48. The number of aliphatic hydroxyl groups is 1. The lowest BCUT2D eigenvalue weighted by Gasteiger charge is -2.39. The Morgan fingerprint density at radius 2 is 2.04 bits per heavy atom. The highest BCUT2D eigenvalue weighted by molar-refractivity contribution is 6.30. The van der Waals surface area contributed by atoms with Crippen LogP contribution in [-0.4, -0.2) is 49.3 Å². The number of hydrogen-bond donors (Lipinski definition) is 1. The SMILES string of the molecule is CC(C)(C)C(O)(Cn1cnnn1)C1=NOC(COc2ccc(Cl)cc2)C1. The van der Waals surface area contributed by atoms with Crippen LogP contribution in [0.15, 0.2) is 35.7 Å². The zero-order valence-corrected chi connectivity index (χ0v) is 15.7. The van der Waals surface area contributed by atoms with Crippen molar-refractivity contribution >= 4 is 17.3 Å². The Balaban J connectivity index is 1.65. The van der Waals surface area contributed by atoms with E-state index in [0.717, 1.165) is 0 Å². The minimum Gasteiger partial charge on any atom is -0.490 e. The monoisotopic (exact) mass is 379 g/mol. The molecular formula is C17H22ClN5O3. The average molecular weight is 380 g/mol. The molecular weight excluding hydrogens is 358 g/mol. The highest BCUT2D eigenvalue weighted by Crippen LogP contribution is 2.36. The molecule has 1 aliphatic heterocycles. The number of oxime groups is 1. The lowest BCUT2D eigenvalue weighted by Crippen LogP contribution is -2.53. The Bertz CT molecular complexity index is 758. The van der Waals surface area contributed by atoms with E-state index in [4.69, 9.17) is 21.2 Å². The maximum absolute atomic E-state index is 11.4. The molecule has 0 saturated carbocycles. The third kappa shape index (κ3) is 3.96. The van der Waals surface area contributed by atoms with Crippen molar-refractivity contribution in [1.82, 2.24) is 20.2 Å². The fourth-order valence-electron chi connectivity index (χ4n) is 2.73. The van der Waals surface area contributed by atoms with Gasteiger partial charge in [0.25, 0.3) is 0 Å². The number of benzene rings is 1. The summed E-state index contributed by atoms with van der Waals surface area (Å²) in [4.78, 5) is 5.49. The van der Waals surface area contributed by atoms with E-state index < -0.39 is 11.0 Å². The van der Waals surface area contributed by atoms with E-state index in [-0.39, 0.29) is 12.6 Å². The van der Waals surface area contributed by atoms with Gasteiger partial charge in [-0.25, -0.2) is 4.68 Å². The number of rotatable bonds is 6. The van der Waals surface area contributed by atoms with Gasteiger partial charge in [0.2, 0.25) is 0 Å². The number of halogens is 1. The molecule has 2 heterocycles. The van der Waals surface area contributed by atoms with Crippen molar-refractivity contribution in [3.63, 3.8) is 0 Å². The van der Waals surface area contributed by atoms with E-state index in [1.54, 1.807) is 24.3 Å². The Morgan fingerprint density at radius 1 is 1.31 bits per heavy atom. The molecule has 0 amide bonds. The van der Waals surface area contributed by atoms with E-state index in [0.29, 0.717) is 29.5 Å². The summed E-state index contributed by atoms with van der Waals surface area (Å²) >= 11 is 5.87. The minimum atomic E-state index is -1.25. The van der Waals surface area contributed by atoms with Crippen LogP contribution in [0.25, 0.3) is 0 Å². The zero-order valence-electron chi connectivity index (χ0n) is 15.0. The lowest BCUT2D eigenvalue weighted by molar-refractivity contribution is -0.0140. The average Bonchev–Trinajstić information content (AvgIpc) is 3.25. The van der Waals surface area contributed by atoms with Crippen LogP contribution in [0.3, 0.4) is 0 Å². The third-order valence-electron chi connectivity index (χ3n) is 4.48. The summed E-state index contributed by atoms with van der Waals surface area (Å²) < 4.78 is 7.21. The lowest BCUT2D eigenvalue weighted by atomic mass is 9.72. The smallest absolute Gasteiger partial charge is 0.166 e. The molecule has 9 heteroatoms. The Hall–Kier alpha value is -2.19. The predicted molar refractivity (Wildman–Crippen MR) is 96.1 cm³/mol. The van der Waals surface area contributed by atoms with Gasteiger partial charge in [0, 0.05) is 11.4 Å². The van der Waals surface area contributed by atoms with Crippen molar-refractivity contribution in [2.45, 2.75) is 45.4 Å². The van der Waals surface area contributed by atoms with Gasteiger partial charge in [-0.15, -0.1) is 5.10 Å². The van der Waals surface area contributed by atoms with Crippen LogP contribution < -0.4 is 4.74 Å². The molecule has 2 aromatic rings. The van der Waals surface area contributed by atoms with Crippen LogP contribution in [0, 0.1) is 5.41 Å². The van der Waals surface area contributed by atoms with Crippen molar-refractivity contribution in [2.75, 3.05) is 6.61 Å². The van der Waals surface area contributed by atoms with E-state index in [1.165, 1.54) is 11.0 Å². The first kappa shape index (κ1) is 18.6. The van der Waals surface area contributed by atoms with Gasteiger partial charge >= 0.3 is 0 Å². The number of ether oxygens (including phenoxy) is 1. The van der Waals surface area contributed by atoms with Crippen molar-refractivity contribution < 1.29 is 14.7 Å². The Kier molecular flexibility index (Phi) is 5.15. The summed E-state index contributed by atoms with van der Waals surface area (Å²) in [5.41, 5.74) is -1.19. The van der Waals surface area contributed by atoms with E-state index in [9.17, 15) is 5.11 Å². The van der Waals surface area contributed by atoms with Gasteiger partial charge in [0.1, 0.15) is 24.3 Å². The van der Waals surface area contributed by atoms with Gasteiger partial charge in [-0.2, -0.15) is 0 Å². The van der Waals surface area contributed by atoms with Crippen LogP contribution >= 0.6 is 11.6 Å². The summed E-state index contributed by atoms with van der Waals surface area (Å²) in [6, 6.07) is 7.11. The molecule has 0 aliphatic carbocycles. The molecule has 1 aromatic heterocycles. The van der Waals surface area contributed by atoms with Crippen molar-refractivity contribution in [1.29, 1.82) is 0 Å². The van der Waals surface area contributed by atoms with Gasteiger partial charge in [0.05, 0.1) is 12.3 Å². The number of tetrazole rings is 1. The summed E-state index contributed by atoms with van der Waals surface area (Å²) in [5.74, 6) is 0.700. The maximum atomic E-state index is 11.4. The zero-order chi connectivity index (χ0) is 18.8. The summed E-state index contributed by atoms with van der Waals surface area (Å²) in [6.07, 6.45) is 1.65. The molecule has 1 N–H and O–H groups in total. The first-order chi connectivity index (χ1) is 12.3. The van der Waals surface area contributed by atoms with Crippen LogP contribution in [0.2, 0.25) is 5.02 Å². The predicted octanol–water partition coefficient (Wildman–Crippen LogP) is 2.33. The standard InChI is InChI=1S/C17H22ClN5O3/c1-16(2,3)17(24,10-23-11-19-21-22-23)15-8-14(26-20-15)9-25-13-6-4-12(18)5-7-13/h4-7,11,14,24H,8-10H2,1-3H3.